The standard InChI is InChI=1S/C26H26F3N7O5S2/c1-42(38,39)35-9-7-17(8-10-35)33-26-32-13-16-11-19(23(28)29)25(37)36(24(16)34-26)14-15-5-6-20(31-12-15)18-3-2-4-21(22(18)27)43(30,40)41/h2-6,11-13,17,23H,7-10,14H2,1H3,(H2,30,40,41)(H,32,33,34). The molecule has 0 amide bonds. The molecule has 0 atom stereocenters. The van der Waals surface area contributed by atoms with E-state index in [1.165, 1.54) is 41.0 Å². The molecule has 0 radical (unpaired) electrons. The number of alkyl halides is 2. The highest BCUT2D eigenvalue weighted by Gasteiger charge is 2.26. The molecule has 1 aliphatic heterocycles. The van der Waals surface area contributed by atoms with Crippen molar-refractivity contribution in [1.82, 2.24) is 23.8 Å². The number of nitrogens with zero attached hydrogens (tertiary/aromatic N) is 5. The predicted octanol–water partition coefficient (Wildman–Crippen LogP) is 2.46. The van der Waals surface area contributed by atoms with Gasteiger partial charge in [0.05, 0.1) is 24.1 Å². The highest BCUT2D eigenvalue weighted by molar-refractivity contribution is 7.89. The monoisotopic (exact) mass is 637 g/mol. The summed E-state index contributed by atoms with van der Waals surface area (Å²) in [4.78, 5) is 25.3. The number of fused-ring (bicyclic) bond motifs is 1. The number of aromatic nitrogens is 4. The zero-order valence-corrected chi connectivity index (χ0v) is 24.2. The van der Waals surface area contributed by atoms with Crippen LogP contribution in [0.4, 0.5) is 19.1 Å². The van der Waals surface area contributed by atoms with Crippen LogP contribution in [0.1, 0.15) is 30.4 Å². The molecular weight excluding hydrogens is 611 g/mol. The van der Waals surface area contributed by atoms with Gasteiger partial charge in [-0.15, -0.1) is 0 Å². The average molecular weight is 638 g/mol. The molecule has 0 saturated carbocycles. The van der Waals surface area contributed by atoms with Gasteiger partial charge in [0.15, 0.2) is 5.82 Å². The number of hydrogen-bond acceptors (Lipinski definition) is 9. The Hall–Kier alpha value is -3.93. The molecule has 5 rings (SSSR count). The molecule has 12 nitrogen and oxygen atoms in total. The van der Waals surface area contributed by atoms with Crippen LogP contribution < -0.4 is 16.0 Å². The number of nitrogens with two attached hydrogens (primary N) is 1. The predicted molar refractivity (Wildman–Crippen MR) is 152 cm³/mol. The summed E-state index contributed by atoms with van der Waals surface area (Å²) in [5, 5.41) is 8.40. The largest absolute Gasteiger partial charge is 0.351 e. The van der Waals surface area contributed by atoms with Gasteiger partial charge < -0.3 is 5.32 Å². The first kappa shape index (κ1) is 30.5. The normalized spacial score (nSPS) is 15.3. The Morgan fingerprint density at radius 2 is 1.79 bits per heavy atom. The Morgan fingerprint density at radius 1 is 1.07 bits per heavy atom. The van der Waals surface area contributed by atoms with Crippen LogP contribution in [0.15, 0.2) is 58.5 Å². The number of anilines is 1. The first-order chi connectivity index (χ1) is 20.2. The average Bonchev–Trinajstić information content (AvgIpc) is 2.94. The van der Waals surface area contributed by atoms with Crippen molar-refractivity contribution in [3.8, 4) is 11.3 Å². The maximum Gasteiger partial charge on any atom is 0.269 e. The van der Waals surface area contributed by atoms with Crippen molar-refractivity contribution in [1.29, 1.82) is 0 Å². The molecule has 17 heteroatoms. The smallest absolute Gasteiger partial charge is 0.269 e. The summed E-state index contributed by atoms with van der Waals surface area (Å²) in [5.41, 5.74) is -1.27. The summed E-state index contributed by atoms with van der Waals surface area (Å²) >= 11 is 0. The van der Waals surface area contributed by atoms with Crippen molar-refractivity contribution in [2.45, 2.75) is 36.7 Å². The minimum absolute atomic E-state index is 0.0800. The Balaban J connectivity index is 1.46. The van der Waals surface area contributed by atoms with Gasteiger partial charge in [-0.1, -0.05) is 12.1 Å². The van der Waals surface area contributed by atoms with E-state index in [1.807, 2.05) is 0 Å². The second-order valence-electron chi connectivity index (χ2n) is 10.1. The lowest BCUT2D eigenvalue weighted by Crippen LogP contribution is -2.42. The lowest BCUT2D eigenvalue weighted by molar-refractivity contribution is 0.149. The Labute approximate surface area is 244 Å². The van der Waals surface area contributed by atoms with Gasteiger partial charge in [-0.25, -0.2) is 44.4 Å². The van der Waals surface area contributed by atoms with Gasteiger partial charge in [0.1, 0.15) is 10.5 Å². The number of piperidine rings is 1. The van der Waals surface area contributed by atoms with E-state index in [9.17, 15) is 34.8 Å². The molecule has 1 saturated heterocycles. The molecule has 3 N–H and O–H groups in total. The molecular formula is C26H26F3N7O5S2. The van der Waals surface area contributed by atoms with Gasteiger partial charge in [-0.05, 0) is 42.7 Å². The first-order valence-corrected chi connectivity index (χ1v) is 16.3. The van der Waals surface area contributed by atoms with Crippen molar-refractivity contribution in [2.75, 3.05) is 24.7 Å². The number of pyridine rings is 2. The molecule has 1 fully saturated rings. The zero-order valence-electron chi connectivity index (χ0n) is 22.6. The van der Waals surface area contributed by atoms with Gasteiger partial charge >= 0.3 is 0 Å². The van der Waals surface area contributed by atoms with Gasteiger partial charge in [-0.3, -0.25) is 14.3 Å². The summed E-state index contributed by atoms with van der Waals surface area (Å²) in [6.45, 7) is 0.406. The highest BCUT2D eigenvalue weighted by Crippen LogP contribution is 2.26. The first-order valence-electron chi connectivity index (χ1n) is 12.9. The van der Waals surface area contributed by atoms with Crippen LogP contribution in [-0.4, -0.2) is 66.0 Å². The van der Waals surface area contributed by atoms with Crippen molar-refractivity contribution < 1.29 is 30.0 Å². The molecule has 1 aliphatic rings. The molecule has 0 bridgehead atoms. The summed E-state index contributed by atoms with van der Waals surface area (Å²) in [6, 6.07) is 7.45. The van der Waals surface area contributed by atoms with E-state index in [0.29, 0.717) is 31.5 Å². The molecule has 0 spiro atoms. The van der Waals surface area contributed by atoms with Crippen LogP contribution in [0.3, 0.4) is 0 Å². The van der Waals surface area contributed by atoms with E-state index in [0.717, 1.165) is 23.0 Å². The Morgan fingerprint density at radius 3 is 2.40 bits per heavy atom. The van der Waals surface area contributed by atoms with Crippen molar-refractivity contribution in [3.05, 3.63) is 76.1 Å². The van der Waals surface area contributed by atoms with E-state index < -0.39 is 48.3 Å². The third-order valence-electron chi connectivity index (χ3n) is 7.06. The fraction of sp³-hybridized carbons (Fsp3) is 0.308. The number of hydrogen-bond donors (Lipinski definition) is 2. The lowest BCUT2D eigenvalue weighted by Gasteiger charge is -2.30. The second kappa shape index (κ2) is 11.6. The lowest BCUT2D eigenvalue weighted by atomic mass is 10.1. The topological polar surface area (TPSA) is 170 Å². The molecule has 1 aromatic carbocycles. The molecule has 0 aliphatic carbocycles. The summed E-state index contributed by atoms with van der Waals surface area (Å²) in [7, 11) is -7.63. The number of nitrogens with one attached hydrogen (secondary N) is 1. The maximum atomic E-state index is 14.9. The van der Waals surface area contributed by atoms with Crippen molar-refractivity contribution in [2.24, 2.45) is 5.14 Å². The van der Waals surface area contributed by atoms with Crippen LogP contribution in [-0.2, 0) is 26.6 Å². The minimum Gasteiger partial charge on any atom is -0.351 e. The molecule has 43 heavy (non-hydrogen) atoms. The van der Waals surface area contributed by atoms with Crippen molar-refractivity contribution in [3.63, 3.8) is 0 Å². The quantitative estimate of drug-likeness (QED) is 0.295. The fourth-order valence-electron chi connectivity index (χ4n) is 4.86. The number of halogens is 3. The second-order valence-corrected chi connectivity index (χ2v) is 13.6. The zero-order chi connectivity index (χ0) is 31.1. The van der Waals surface area contributed by atoms with Crippen LogP contribution in [0.2, 0.25) is 0 Å². The molecule has 4 heterocycles. The van der Waals surface area contributed by atoms with Crippen LogP contribution in [0.25, 0.3) is 22.3 Å². The number of rotatable bonds is 8. The minimum atomic E-state index is -4.32. The molecule has 228 valence electrons. The van der Waals surface area contributed by atoms with Gasteiger partial charge in [0.25, 0.3) is 12.0 Å². The summed E-state index contributed by atoms with van der Waals surface area (Å²) < 4.78 is 91.8. The SMILES string of the molecule is CS(=O)(=O)N1CCC(Nc2ncc3cc(C(F)F)c(=O)n(Cc4ccc(-c5cccc(S(N)(=O)=O)c5F)nc4)c3n2)CC1. The maximum absolute atomic E-state index is 14.9. The van der Waals surface area contributed by atoms with E-state index in [-0.39, 0.29) is 40.8 Å². The molecule has 3 aromatic heterocycles. The molecule has 4 aromatic rings. The van der Waals surface area contributed by atoms with Crippen LogP contribution >= 0.6 is 0 Å². The highest BCUT2D eigenvalue weighted by atomic mass is 32.2. The van der Waals surface area contributed by atoms with Gasteiger partial charge in [-0.2, -0.15) is 4.98 Å². The van der Waals surface area contributed by atoms with E-state index in [1.54, 1.807) is 0 Å². The Kier molecular flexibility index (Phi) is 8.26. The summed E-state index contributed by atoms with van der Waals surface area (Å²) in [6.07, 6.45) is 1.69. The fourth-order valence-corrected chi connectivity index (χ4v) is 6.36. The van der Waals surface area contributed by atoms with Gasteiger partial charge in [0, 0.05) is 42.5 Å². The van der Waals surface area contributed by atoms with E-state index in [2.05, 4.69) is 20.3 Å². The summed E-state index contributed by atoms with van der Waals surface area (Å²) in [5.74, 6) is -0.933. The van der Waals surface area contributed by atoms with Crippen LogP contribution in [0.5, 0.6) is 0 Å². The van der Waals surface area contributed by atoms with Gasteiger partial charge in [0.2, 0.25) is 26.0 Å². The van der Waals surface area contributed by atoms with Crippen LogP contribution in [0, 0.1) is 5.82 Å². The number of benzene rings is 1. The third kappa shape index (κ3) is 6.53. The number of primary sulfonamides is 1. The molecule has 0 unspecified atom stereocenters. The van der Waals surface area contributed by atoms with E-state index in [4.69, 9.17) is 5.14 Å². The number of sulfonamides is 2. The third-order valence-corrected chi connectivity index (χ3v) is 9.29. The van der Waals surface area contributed by atoms with Crippen molar-refractivity contribution >= 4 is 37.0 Å². The Bertz CT molecular complexity index is 1960. The van der Waals surface area contributed by atoms with E-state index >= 15 is 0 Å².